The molecule has 0 spiro atoms. The van der Waals surface area contributed by atoms with Crippen molar-refractivity contribution in [3.8, 4) is 0 Å². The van der Waals surface area contributed by atoms with Crippen molar-refractivity contribution in [2.24, 2.45) is 12.8 Å². The number of aromatic nitrogens is 3. The molecular formula is C9H11ClN4S. The second-order valence-electron chi connectivity index (χ2n) is 3.24. The molecule has 0 amide bonds. The number of hydrogen-bond donors (Lipinski definition) is 1. The van der Waals surface area contributed by atoms with E-state index in [1.165, 1.54) is 6.33 Å². The van der Waals surface area contributed by atoms with Gasteiger partial charge in [0.25, 0.3) is 0 Å². The minimum atomic E-state index is -0.111. The number of nitrogens with two attached hydrogens (primary N) is 1. The largest absolute Gasteiger partial charge is 0.323 e. The summed E-state index contributed by atoms with van der Waals surface area (Å²) in [4.78, 5) is 5.13. The van der Waals surface area contributed by atoms with Gasteiger partial charge >= 0.3 is 0 Å². The first-order chi connectivity index (χ1) is 7.18. The van der Waals surface area contributed by atoms with Crippen LogP contribution in [0.3, 0.4) is 0 Å². The van der Waals surface area contributed by atoms with Crippen molar-refractivity contribution in [2.45, 2.75) is 12.5 Å². The van der Waals surface area contributed by atoms with Crippen LogP contribution in [0.5, 0.6) is 0 Å². The topological polar surface area (TPSA) is 56.7 Å². The van der Waals surface area contributed by atoms with Gasteiger partial charge in [0.15, 0.2) is 0 Å². The van der Waals surface area contributed by atoms with Gasteiger partial charge in [-0.3, -0.25) is 4.68 Å². The van der Waals surface area contributed by atoms with Crippen molar-refractivity contribution >= 4 is 22.9 Å². The maximum Gasteiger partial charge on any atom is 0.138 e. The zero-order chi connectivity index (χ0) is 10.8. The Kier molecular flexibility index (Phi) is 3.04. The predicted molar refractivity (Wildman–Crippen MR) is 61.0 cm³/mol. The summed E-state index contributed by atoms with van der Waals surface area (Å²) in [5.74, 6) is 0.868. The zero-order valence-corrected chi connectivity index (χ0v) is 9.79. The smallest absolute Gasteiger partial charge is 0.138 e. The fourth-order valence-electron chi connectivity index (χ4n) is 1.36. The lowest BCUT2D eigenvalue weighted by atomic mass is 10.2. The summed E-state index contributed by atoms with van der Waals surface area (Å²) >= 11 is 7.57. The normalized spacial score (nSPS) is 13.0. The van der Waals surface area contributed by atoms with Gasteiger partial charge in [0.1, 0.15) is 12.2 Å². The highest BCUT2D eigenvalue weighted by Gasteiger charge is 2.14. The summed E-state index contributed by atoms with van der Waals surface area (Å²) in [6.07, 6.45) is 2.18. The molecule has 2 heterocycles. The third-order valence-electron chi connectivity index (χ3n) is 2.19. The first-order valence-corrected chi connectivity index (χ1v) is 5.75. The van der Waals surface area contributed by atoms with Gasteiger partial charge in [-0.05, 0) is 11.4 Å². The van der Waals surface area contributed by atoms with Crippen molar-refractivity contribution in [3.63, 3.8) is 0 Å². The summed E-state index contributed by atoms with van der Waals surface area (Å²) in [6.45, 7) is 0. The molecule has 0 radical (unpaired) electrons. The van der Waals surface area contributed by atoms with E-state index in [0.717, 1.165) is 15.7 Å². The van der Waals surface area contributed by atoms with Gasteiger partial charge in [-0.15, -0.1) is 11.3 Å². The van der Waals surface area contributed by atoms with Crippen LogP contribution in [0.2, 0.25) is 5.02 Å². The van der Waals surface area contributed by atoms with E-state index in [2.05, 4.69) is 10.1 Å². The van der Waals surface area contributed by atoms with E-state index in [0.29, 0.717) is 6.42 Å². The fourth-order valence-corrected chi connectivity index (χ4v) is 2.57. The third kappa shape index (κ3) is 2.19. The number of rotatable bonds is 3. The summed E-state index contributed by atoms with van der Waals surface area (Å²) in [5, 5.41) is 6.66. The SMILES string of the molecule is Cn1ncnc1CC(N)c1sccc1Cl. The number of aryl methyl sites for hydroxylation is 1. The van der Waals surface area contributed by atoms with Crippen molar-refractivity contribution in [1.82, 2.24) is 14.8 Å². The second-order valence-corrected chi connectivity index (χ2v) is 4.60. The van der Waals surface area contributed by atoms with E-state index in [-0.39, 0.29) is 6.04 Å². The molecule has 0 aromatic carbocycles. The quantitative estimate of drug-likeness (QED) is 0.893. The summed E-state index contributed by atoms with van der Waals surface area (Å²) in [5.41, 5.74) is 6.05. The Hall–Kier alpha value is -0.910. The van der Waals surface area contributed by atoms with Gasteiger partial charge in [0.05, 0.1) is 5.02 Å². The molecule has 0 aliphatic rings. The minimum Gasteiger partial charge on any atom is -0.323 e. The Labute approximate surface area is 96.7 Å². The molecular weight excluding hydrogens is 232 g/mol. The lowest BCUT2D eigenvalue weighted by Crippen LogP contribution is -2.15. The first kappa shape index (κ1) is 10.6. The van der Waals surface area contributed by atoms with Crippen LogP contribution in [-0.4, -0.2) is 14.8 Å². The van der Waals surface area contributed by atoms with Gasteiger partial charge in [-0.1, -0.05) is 11.6 Å². The Morgan fingerprint density at radius 3 is 3.00 bits per heavy atom. The highest BCUT2D eigenvalue weighted by atomic mass is 35.5. The highest BCUT2D eigenvalue weighted by molar-refractivity contribution is 7.10. The molecule has 2 aromatic heterocycles. The van der Waals surface area contributed by atoms with E-state index in [1.54, 1.807) is 16.0 Å². The Bertz CT molecular complexity index is 450. The van der Waals surface area contributed by atoms with Crippen LogP contribution in [0.15, 0.2) is 17.8 Å². The van der Waals surface area contributed by atoms with Crippen molar-refractivity contribution < 1.29 is 0 Å². The number of halogens is 1. The molecule has 0 saturated carbocycles. The molecule has 0 aliphatic heterocycles. The Morgan fingerprint density at radius 1 is 1.67 bits per heavy atom. The molecule has 4 nitrogen and oxygen atoms in total. The molecule has 0 aliphatic carbocycles. The van der Waals surface area contributed by atoms with E-state index in [4.69, 9.17) is 17.3 Å². The van der Waals surface area contributed by atoms with Crippen LogP contribution in [0.1, 0.15) is 16.7 Å². The minimum absolute atomic E-state index is 0.111. The van der Waals surface area contributed by atoms with Crippen LogP contribution in [-0.2, 0) is 13.5 Å². The van der Waals surface area contributed by atoms with Crippen LogP contribution < -0.4 is 5.73 Å². The van der Waals surface area contributed by atoms with E-state index >= 15 is 0 Å². The average molecular weight is 243 g/mol. The van der Waals surface area contributed by atoms with E-state index in [1.807, 2.05) is 18.5 Å². The van der Waals surface area contributed by atoms with Crippen LogP contribution >= 0.6 is 22.9 Å². The van der Waals surface area contributed by atoms with Gasteiger partial charge < -0.3 is 5.73 Å². The number of nitrogens with zero attached hydrogens (tertiary/aromatic N) is 3. The molecule has 2 N–H and O–H groups in total. The van der Waals surface area contributed by atoms with Crippen molar-refractivity contribution in [1.29, 1.82) is 0 Å². The molecule has 15 heavy (non-hydrogen) atoms. The number of thiophene rings is 1. The fraction of sp³-hybridized carbons (Fsp3) is 0.333. The van der Waals surface area contributed by atoms with Gasteiger partial charge in [0, 0.05) is 24.4 Å². The van der Waals surface area contributed by atoms with Gasteiger partial charge in [0.2, 0.25) is 0 Å². The van der Waals surface area contributed by atoms with Crippen LogP contribution in [0.25, 0.3) is 0 Å². The molecule has 80 valence electrons. The van der Waals surface area contributed by atoms with Crippen LogP contribution in [0.4, 0.5) is 0 Å². The van der Waals surface area contributed by atoms with Crippen LogP contribution in [0, 0.1) is 0 Å². The monoisotopic (exact) mass is 242 g/mol. The van der Waals surface area contributed by atoms with Crippen molar-refractivity contribution in [3.05, 3.63) is 33.5 Å². The molecule has 0 bridgehead atoms. The summed E-state index contributed by atoms with van der Waals surface area (Å²) < 4.78 is 1.72. The highest BCUT2D eigenvalue weighted by Crippen LogP contribution is 2.28. The lowest BCUT2D eigenvalue weighted by Gasteiger charge is -2.09. The molecule has 0 saturated heterocycles. The Morgan fingerprint density at radius 2 is 2.47 bits per heavy atom. The van der Waals surface area contributed by atoms with E-state index < -0.39 is 0 Å². The van der Waals surface area contributed by atoms with Crippen molar-refractivity contribution in [2.75, 3.05) is 0 Å². The molecule has 2 rings (SSSR count). The van der Waals surface area contributed by atoms with E-state index in [9.17, 15) is 0 Å². The zero-order valence-electron chi connectivity index (χ0n) is 8.22. The molecule has 6 heteroatoms. The maximum absolute atomic E-state index is 6.05. The standard InChI is InChI=1S/C9H11ClN4S/c1-14-8(12-5-13-14)4-7(11)9-6(10)2-3-15-9/h2-3,5,7H,4,11H2,1H3. The van der Waals surface area contributed by atoms with Gasteiger partial charge in [-0.2, -0.15) is 5.10 Å². The second kappa shape index (κ2) is 4.30. The maximum atomic E-state index is 6.05. The molecule has 0 fully saturated rings. The lowest BCUT2D eigenvalue weighted by molar-refractivity contribution is 0.635. The predicted octanol–water partition coefficient (Wildman–Crippen LogP) is 1.77. The molecule has 1 unspecified atom stereocenters. The summed E-state index contributed by atoms with van der Waals surface area (Å²) in [7, 11) is 1.85. The average Bonchev–Trinajstić information content (AvgIpc) is 2.76. The van der Waals surface area contributed by atoms with Gasteiger partial charge in [-0.25, -0.2) is 4.98 Å². The molecule has 1 atom stereocenters. The summed E-state index contributed by atoms with van der Waals surface area (Å²) in [6, 6.07) is 1.75. The number of hydrogen-bond acceptors (Lipinski definition) is 4. The first-order valence-electron chi connectivity index (χ1n) is 4.50. The Balaban J connectivity index is 2.14. The molecule has 2 aromatic rings. The third-order valence-corrected chi connectivity index (χ3v) is 3.68.